The van der Waals surface area contributed by atoms with E-state index in [-0.39, 0.29) is 19.0 Å². The van der Waals surface area contributed by atoms with Crippen LogP contribution in [-0.2, 0) is 18.0 Å². The fourth-order valence-electron chi connectivity index (χ4n) is 2.26. The summed E-state index contributed by atoms with van der Waals surface area (Å²) < 4.78 is 15.5. The van der Waals surface area contributed by atoms with Crippen molar-refractivity contribution in [1.82, 2.24) is 0 Å². The second kappa shape index (κ2) is 8.04. The van der Waals surface area contributed by atoms with E-state index < -0.39 is 6.16 Å². The first-order chi connectivity index (χ1) is 11.5. The van der Waals surface area contributed by atoms with Crippen LogP contribution >= 0.6 is 11.6 Å². The third-order valence-electron chi connectivity index (χ3n) is 3.59. The maximum atomic E-state index is 11.4. The molecule has 0 heterocycles. The van der Waals surface area contributed by atoms with Gasteiger partial charge in [0.05, 0.1) is 13.7 Å². The summed E-state index contributed by atoms with van der Waals surface area (Å²) in [6.07, 6.45) is -0.832. The van der Waals surface area contributed by atoms with E-state index in [0.29, 0.717) is 21.9 Å². The van der Waals surface area contributed by atoms with Gasteiger partial charge in [-0.2, -0.15) is 0 Å². The molecular weight excluding hydrogens is 332 g/mol. The predicted octanol–water partition coefficient (Wildman–Crippen LogP) is 4.17. The molecule has 0 unspecified atom stereocenters. The van der Waals surface area contributed by atoms with Gasteiger partial charge in [0.2, 0.25) is 0 Å². The average molecular weight is 351 g/mol. The highest BCUT2D eigenvalue weighted by Gasteiger charge is 2.14. The van der Waals surface area contributed by atoms with Gasteiger partial charge in [-0.3, -0.25) is 0 Å². The van der Waals surface area contributed by atoms with Crippen LogP contribution in [0.15, 0.2) is 30.3 Å². The predicted molar refractivity (Wildman–Crippen MR) is 90.7 cm³/mol. The Labute approximate surface area is 145 Å². The Kier molecular flexibility index (Phi) is 6.06. The number of carbonyl (C=O) groups excluding carboxylic acids is 1. The van der Waals surface area contributed by atoms with Crippen molar-refractivity contribution in [3.8, 4) is 11.5 Å². The van der Waals surface area contributed by atoms with E-state index in [2.05, 4.69) is 4.74 Å². The van der Waals surface area contributed by atoms with Crippen LogP contribution in [0.1, 0.15) is 22.3 Å². The molecule has 0 aliphatic carbocycles. The van der Waals surface area contributed by atoms with Gasteiger partial charge in [-0.25, -0.2) is 4.79 Å². The molecule has 0 aliphatic heterocycles. The van der Waals surface area contributed by atoms with Gasteiger partial charge in [0.25, 0.3) is 0 Å². The molecule has 1 N–H and O–H groups in total. The molecule has 2 aromatic carbocycles. The van der Waals surface area contributed by atoms with Crippen molar-refractivity contribution in [2.75, 3.05) is 7.11 Å². The zero-order valence-electron chi connectivity index (χ0n) is 13.8. The molecule has 0 amide bonds. The fraction of sp³-hybridized carbons (Fsp3) is 0.278. The number of hydrogen-bond acceptors (Lipinski definition) is 5. The lowest BCUT2D eigenvalue weighted by atomic mass is 10.1. The monoisotopic (exact) mass is 350 g/mol. The molecule has 24 heavy (non-hydrogen) atoms. The number of aliphatic hydroxyl groups is 1. The molecule has 0 aromatic heterocycles. The minimum absolute atomic E-state index is 0.114. The van der Waals surface area contributed by atoms with Crippen molar-refractivity contribution in [2.45, 2.75) is 27.1 Å². The molecule has 0 radical (unpaired) electrons. The number of aryl methyl sites for hydroxylation is 2. The Morgan fingerprint density at radius 3 is 2.58 bits per heavy atom. The van der Waals surface area contributed by atoms with E-state index in [1.807, 2.05) is 19.9 Å². The van der Waals surface area contributed by atoms with Crippen molar-refractivity contribution < 1.29 is 24.1 Å². The molecule has 0 saturated heterocycles. The SMILES string of the molecule is COC(=O)Oc1cccc(CO)c1COc1cc(Cl)c(C)cc1C. The summed E-state index contributed by atoms with van der Waals surface area (Å²) in [6, 6.07) is 8.71. The standard InChI is InChI=1S/C18H19ClO5/c1-11-7-12(2)17(8-15(11)19)23-10-14-13(9-20)5-4-6-16(14)24-18(21)22-3/h4-8,20H,9-10H2,1-3H3. The Bertz CT molecular complexity index is 742. The molecule has 0 bridgehead atoms. The maximum absolute atomic E-state index is 11.4. The van der Waals surface area contributed by atoms with E-state index in [0.717, 1.165) is 11.1 Å². The zero-order chi connectivity index (χ0) is 17.7. The van der Waals surface area contributed by atoms with Crippen LogP contribution in [-0.4, -0.2) is 18.4 Å². The van der Waals surface area contributed by atoms with E-state index in [1.54, 1.807) is 24.3 Å². The lowest BCUT2D eigenvalue weighted by Gasteiger charge is -2.15. The average Bonchev–Trinajstić information content (AvgIpc) is 2.57. The Morgan fingerprint density at radius 1 is 1.17 bits per heavy atom. The van der Waals surface area contributed by atoms with E-state index in [1.165, 1.54) is 7.11 Å². The first-order valence-electron chi connectivity index (χ1n) is 7.33. The number of methoxy groups -OCH3 is 1. The molecule has 0 aliphatic rings. The Hall–Kier alpha value is -2.24. The molecule has 6 heteroatoms. The second-order valence-corrected chi connectivity index (χ2v) is 5.67. The van der Waals surface area contributed by atoms with Crippen molar-refractivity contribution in [2.24, 2.45) is 0 Å². The Morgan fingerprint density at radius 2 is 1.92 bits per heavy atom. The number of rotatable bonds is 5. The van der Waals surface area contributed by atoms with Gasteiger partial charge in [-0.1, -0.05) is 29.8 Å². The van der Waals surface area contributed by atoms with Gasteiger partial charge in [0, 0.05) is 10.6 Å². The van der Waals surface area contributed by atoms with Crippen LogP contribution in [0.3, 0.4) is 0 Å². The molecule has 0 saturated carbocycles. The van der Waals surface area contributed by atoms with Crippen LogP contribution < -0.4 is 9.47 Å². The molecule has 0 atom stereocenters. The zero-order valence-corrected chi connectivity index (χ0v) is 14.5. The minimum Gasteiger partial charge on any atom is -0.488 e. The highest BCUT2D eigenvalue weighted by Crippen LogP contribution is 2.29. The van der Waals surface area contributed by atoms with Gasteiger partial charge in [0.1, 0.15) is 18.1 Å². The molecule has 128 valence electrons. The molecule has 0 fully saturated rings. The van der Waals surface area contributed by atoms with Crippen molar-refractivity contribution in [3.63, 3.8) is 0 Å². The smallest absolute Gasteiger partial charge is 0.488 e. The van der Waals surface area contributed by atoms with Crippen molar-refractivity contribution in [1.29, 1.82) is 0 Å². The Balaban J connectivity index is 2.28. The van der Waals surface area contributed by atoms with Gasteiger partial charge >= 0.3 is 6.16 Å². The number of halogens is 1. The molecule has 2 aromatic rings. The van der Waals surface area contributed by atoms with E-state index in [9.17, 15) is 9.90 Å². The molecule has 2 rings (SSSR count). The second-order valence-electron chi connectivity index (χ2n) is 5.26. The lowest BCUT2D eigenvalue weighted by Crippen LogP contribution is -2.11. The normalized spacial score (nSPS) is 10.4. The number of carbonyl (C=O) groups is 1. The molecular formula is C18H19ClO5. The summed E-state index contributed by atoms with van der Waals surface area (Å²) in [7, 11) is 1.23. The third-order valence-corrected chi connectivity index (χ3v) is 4.00. The van der Waals surface area contributed by atoms with Crippen LogP contribution in [0.25, 0.3) is 0 Å². The van der Waals surface area contributed by atoms with Crippen LogP contribution in [0, 0.1) is 13.8 Å². The topological polar surface area (TPSA) is 65.0 Å². The minimum atomic E-state index is -0.832. The summed E-state index contributed by atoms with van der Waals surface area (Å²) in [5.41, 5.74) is 3.08. The highest BCUT2D eigenvalue weighted by molar-refractivity contribution is 6.31. The number of aliphatic hydroxyl groups excluding tert-OH is 1. The van der Waals surface area contributed by atoms with Gasteiger partial charge in [0.15, 0.2) is 0 Å². The molecule has 0 spiro atoms. The first kappa shape index (κ1) is 18.1. The largest absolute Gasteiger partial charge is 0.513 e. The maximum Gasteiger partial charge on any atom is 0.513 e. The number of benzene rings is 2. The van der Waals surface area contributed by atoms with Gasteiger partial charge < -0.3 is 19.3 Å². The molecule has 5 nitrogen and oxygen atoms in total. The van der Waals surface area contributed by atoms with Gasteiger partial charge in [-0.05, 0) is 42.7 Å². The first-order valence-corrected chi connectivity index (χ1v) is 7.71. The summed E-state index contributed by atoms with van der Waals surface area (Å²) in [5, 5.41) is 10.1. The summed E-state index contributed by atoms with van der Waals surface area (Å²) >= 11 is 6.14. The van der Waals surface area contributed by atoms with Crippen LogP contribution in [0.5, 0.6) is 11.5 Å². The van der Waals surface area contributed by atoms with Crippen LogP contribution in [0.4, 0.5) is 4.79 Å². The highest BCUT2D eigenvalue weighted by atomic mass is 35.5. The fourth-order valence-corrected chi connectivity index (χ4v) is 2.42. The van der Waals surface area contributed by atoms with E-state index >= 15 is 0 Å². The van der Waals surface area contributed by atoms with E-state index in [4.69, 9.17) is 21.1 Å². The summed E-state index contributed by atoms with van der Waals surface area (Å²) in [6.45, 7) is 3.75. The van der Waals surface area contributed by atoms with Crippen LogP contribution in [0.2, 0.25) is 5.02 Å². The lowest BCUT2D eigenvalue weighted by molar-refractivity contribution is 0.120. The number of hydrogen-bond donors (Lipinski definition) is 1. The van der Waals surface area contributed by atoms with Crippen molar-refractivity contribution in [3.05, 3.63) is 57.6 Å². The summed E-state index contributed by atoms with van der Waals surface area (Å²) in [4.78, 5) is 11.4. The third kappa shape index (κ3) is 4.19. The summed E-state index contributed by atoms with van der Waals surface area (Å²) in [5.74, 6) is 0.909. The quantitative estimate of drug-likeness (QED) is 0.647. The van der Waals surface area contributed by atoms with Crippen molar-refractivity contribution >= 4 is 17.8 Å². The number of ether oxygens (including phenoxy) is 3. The van der Waals surface area contributed by atoms with Gasteiger partial charge in [-0.15, -0.1) is 0 Å².